The summed E-state index contributed by atoms with van der Waals surface area (Å²) in [6, 6.07) is 5.90. The summed E-state index contributed by atoms with van der Waals surface area (Å²) in [7, 11) is 1.93. The highest BCUT2D eigenvalue weighted by atomic mass is 79.9. The van der Waals surface area contributed by atoms with Crippen LogP contribution in [0.4, 0.5) is 5.69 Å². The van der Waals surface area contributed by atoms with Crippen LogP contribution >= 0.6 is 15.9 Å². The molecule has 4 heteroatoms. The zero-order valence-corrected chi connectivity index (χ0v) is 11.0. The number of rotatable bonds is 2. The largest absolute Gasteiger partial charge is 0.464 e. The number of fused-ring (bicyclic) bond motifs is 1. The third-order valence-electron chi connectivity index (χ3n) is 2.86. The number of halogens is 1. The van der Waals surface area contributed by atoms with Crippen LogP contribution in [0.3, 0.4) is 0 Å². The number of esters is 1. The van der Waals surface area contributed by atoms with Gasteiger partial charge in [-0.3, -0.25) is 0 Å². The maximum absolute atomic E-state index is 11.7. The standard InChI is InChI=1S/C12H14BrNO2/c1-3-16-12(15)11-7-8-6-9(13)4-5-10(8)14(11)2/h4-6,11H,3,7H2,1-2H3. The summed E-state index contributed by atoms with van der Waals surface area (Å²) in [6.07, 6.45) is 0.726. The third-order valence-corrected chi connectivity index (χ3v) is 3.35. The molecule has 1 aromatic carbocycles. The Morgan fingerprint density at radius 1 is 1.62 bits per heavy atom. The molecule has 0 aromatic heterocycles. The fourth-order valence-corrected chi connectivity index (χ4v) is 2.46. The average molecular weight is 284 g/mol. The van der Waals surface area contributed by atoms with Gasteiger partial charge in [-0.1, -0.05) is 15.9 Å². The minimum Gasteiger partial charge on any atom is -0.464 e. The molecule has 86 valence electrons. The van der Waals surface area contributed by atoms with E-state index in [-0.39, 0.29) is 12.0 Å². The van der Waals surface area contributed by atoms with E-state index in [9.17, 15) is 4.79 Å². The lowest BCUT2D eigenvalue weighted by Gasteiger charge is -2.20. The Bertz CT molecular complexity index is 419. The minimum absolute atomic E-state index is 0.141. The van der Waals surface area contributed by atoms with Crippen LogP contribution < -0.4 is 4.90 Å². The number of anilines is 1. The van der Waals surface area contributed by atoms with E-state index in [4.69, 9.17) is 4.74 Å². The van der Waals surface area contributed by atoms with Crippen molar-refractivity contribution in [2.75, 3.05) is 18.6 Å². The molecule has 0 saturated carbocycles. The van der Waals surface area contributed by atoms with E-state index < -0.39 is 0 Å². The van der Waals surface area contributed by atoms with Crippen molar-refractivity contribution in [3.05, 3.63) is 28.2 Å². The highest BCUT2D eigenvalue weighted by Gasteiger charge is 2.32. The van der Waals surface area contributed by atoms with Gasteiger partial charge in [-0.25, -0.2) is 4.79 Å². The maximum Gasteiger partial charge on any atom is 0.329 e. The first-order chi connectivity index (χ1) is 7.63. The van der Waals surface area contributed by atoms with E-state index >= 15 is 0 Å². The van der Waals surface area contributed by atoms with Crippen molar-refractivity contribution < 1.29 is 9.53 Å². The van der Waals surface area contributed by atoms with E-state index in [1.165, 1.54) is 5.56 Å². The molecule has 1 heterocycles. The number of carbonyl (C=O) groups excluding carboxylic acids is 1. The molecule has 0 bridgehead atoms. The summed E-state index contributed by atoms with van der Waals surface area (Å²) in [5, 5.41) is 0. The smallest absolute Gasteiger partial charge is 0.329 e. The van der Waals surface area contributed by atoms with Crippen molar-refractivity contribution in [3.8, 4) is 0 Å². The van der Waals surface area contributed by atoms with Gasteiger partial charge in [0.15, 0.2) is 0 Å². The Morgan fingerprint density at radius 2 is 2.38 bits per heavy atom. The Kier molecular flexibility index (Phi) is 3.19. The second-order valence-corrected chi connectivity index (χ2v) is 4.77. The van der Waals surface area contributed by atoms with Gasteiger partial charge in [-0.15, -0.1) is 0 Å². The molecular weight excluding hydrogens is 270 g/mol. The number of hydrogen-bond acceptors (Lipinski definition) is 3. The van der Waals surface area contributed by atoms with E-state index in [0.29, 0.717) is 6.61 Å². The summed E-state index contributed by atoms with van der Waals surface area (Å²) in [4.78, 5) is 13.7. The first-order valence-corrected chi connectivity index (χ1v) is 6.10. The Balaban J connectivity index is 2.23. The zero-order chi connectivity index (χ0) is 11.7. The second kappa shape index (κ2) is 4.45. The van der Waals surface area contributed by atoms with E-state index in [2.05, 4.69) is 22.0 Å². The third kappa shape index (κ3) is 1.94. The van der Waals surface area contributed by atoms with Crippen LogP contribution in [-0.4, -0.2) is 25.7 Å². The van der Waals surface area contributed by atoms with E-state index in [0.717, 1.165) is 16.6 Å². The van der Waals surface area contributed by atoms with E-state index in [1.807, 2.05) is 31.0 Å². The lowest BCUT2D eigenvalue weighted by atomic mass is 10.1. The Labute approximate surface area is 104 Å². The number of carbonyl (C=O) groups is 1. The second-order valence-electron chi connectivity index (χ2n) is 3.86. The number of ether oxygens (including phenoxy) is 1. The lowest BCUT2D eigenvalue weighted by molar-refractivity contribution is -0.144. The molecule has 1 unspecified atom stereocenters. The van der Waals surface area contributed by atoms with Crippen LogP contribution in [0.2, 0.25) is 0 Å². The number of nitrogens with zero attached hydrogens (tertiary/aromatic N) is 1. The molecule has 0 radical (unpaired) electrons. The van der Waals surface area contributed by atoms with Gasteiger partial charge in [-0.05, 0) is 30.7 Å². The molecule has 0 N–H and O–H groups in total. The van der Waals surface area contributed by atoms with Crippen molar-refractivity contribution >= 4 is 27.6 Å². The Hall–Kier alpha value is -1.03. The summed E-state index contributed by atoms with van der Waals surface area (Å²) in [5.41, 5.74) is 2.30. The summed E-state index contributed by atoms with van der Waals surface area (Å²) in [6.45, 7) is 2.26. The number of hydrogen-bond donors (Lipinski definition) is 0. The molecule has 16 heavy (non-hydrogen) atoms. The normalized spacial score (nSPS) is 18.4. The van der Waals surface area contributed by atoms with Gasteiger partial charge < -0.3 is 9.64 Å². The van der Waals surface area contributed by atoms with Crippen LogP contribution in [0.5, 0.6) is 0 Å². The number of likely N-dealkylation sites (N-methyl/N-ethyl adjacent to an activating group) is 1. The molecule has 1 aliphatic heterocycles. The van der Waals surface area contributed by atoms with Crippen molar-refractivity contribution in [1.82, 2.24) is 0 Å². The summed E-state index contributed by atoms with van der Waals surface area (Å²) in [5.74, 6) is -0.141. The monoisotopic (exact) mass is 283 g/mol. The molecule has 0 spiro atoms. The predicted molar refractivity (Wildman–Crippen MR) is 66.7 cm³/mol. The molecule has 1 aliphatic rings. The maximum atomic E-state index is 11.7. The van der Waals surface area contributed by atoms with Gasteiger partial charge in [0.2, 0.25) is 0 Å². The van der Waals surface area contributed by atoms with Crippen LogP contribution in [-0.2, 0) is 16.0 Å². The highest BCUT2D eigenvalue weighted by molar-refractivity contribution is 9.10. The van der Waals surface area contributed by atoms with Gasteiger partial charge >= 0.3 is 5.97 Å². The van der Waals surface area contributed by atoms with Gasteiger partial charge in [-0.2, -0.15) is 0 Å². The average Bonchev–Trinajstić information content (AvgIpc) is 2.56. The molecular formula is C12H14BrNO2. The molecule has 1 atom stereocenters. The summed E-state index contributed by atoms with van der Waals surface area (Å²) < 4.78 is 6.11. The molecule has 0 fully saturated rings. The topological polar surface area (TPSA) is 29.5 Å². The van der Waals surface area contributed by atoms with E-state index in [1.54, 1.807) is 0 Å². The van der Waals surface area contributed by atoms with Crippen LogP contribution in [0, 0.1) is 0 Å². The fourth-order valence-electron chi connectivity index (χ4n) is 2.05. The van der Waals surface area contributed by atoms with Gasteiger partial charge in [0, 0.05) is 23.6 Å². The molecule has 0 saturated heterocycles. The van der Waals surface area contributed by atoms with Gasteiger partial charge in [0.1, 0.15) is 6.04 Å². The highest BCUT2D eigenvalue weighted by Crippen LogP contribution is 2.33. The van der Waals surface area contributed by atoms with Gasteiger partial charge in [0.05, 0.1) is 6.61 Å². The Morgan fingerprint density at radius 3 is 3.06 bits per heavy atom. The summed E-state index contributed by atoms with van der Waals surface area (Å²) >= 11 is 3.44. The van der Waals surface area contributed by atoms with Crippen LogP contribution in [0.25, 0.3) is 0 Å². The van der Waals surface area contributed by atoms with Crippen LogP contribution in [0.15, 0.2) is 22.7 Å². The SMILES string of the molecule is CCOC(=O)C1Cc2cc(Br)ccc2N1C. The minimum atomic E-state index is -0.177. The first kappa shape index (κ1) is 11.5. The fraction of sp³-hybridized carbons (Fsp3) is 0.417. The quantitative estimate of drug-likeness (QED) is 0.781. The molecule has 2 rings (SSSR count). The van der Waals surface area contributed by atoms with Crippen molar-refractivity contribution in [3.63, 3.8) is 0 Å². The van der Waals surface area contributed by atoms with Gasteiger partial charge in [0.25, 0.3) is 0 Å². The van der Waals surface area contributed by atoms with Crippen molar-refractivity contribution in [2.24, 2.45) is 0 Å². The molecule has 1 aromatic rings. The molecule has 3 nitrogen and oxygen atoms in total. The van der Waals surface area contributed by atoms with Crippen molar-refractivity contribution in [1.29, 1.82) is 0 Å². The number of benzene rings is 1. The van der Waals surface area contributed by atoms with Crippen LogP contribution in [0.1, 0.15) is 12.5 Å². The molecule has 0 aliphatic carbocycles. The lowest BCUT2D eigenvalue weighted by Crippen LogP contribution is -2.37. The van der Waals surface area contributed by atoms with Crippen molar-refractivity contribution in [2.45, 2.75) is 19.4 Å². The first-order valence-electron chi connectivity index (χ1n) is 5.31. The predicted octanol–water partition coefficient (Wildman–Crippen LogP) is 2.37. The molecule has 0 amide bonds. The zero-order valence-electron chi connectivity index (χ0n) is 9.37.